The molecule has 0 spiro atoms. The standard InChI is InChI=1S/C12H15N3O3S/c1-3-8(2)13-10(16)7-15-12(17)18-11(14-15)9-5-4-6-19-9/h4-6,8H,3,7H2,1-2H3,(H,13,16). The van der Waals surface area contributed by atoms with E-state index in [4.69, 9.17) is 4.42 Å². The monoisotopic (exact) mass is 281 g/mol. The molecule has 0 fully saturated rings. The Bertz CT molecular complexity index is 600. The first-order chi connectivity index (χ1) is 9.10. The molecule has 0 bridgehead atoms. The predicted octanol–water partition coefficient (Wildman–Crippen LogP) is 1.48. The fourth-order valence-corrected chi connectivity index (χ4v) is 2.11. The van der Waals surface area contributed by atoms with Gasteiger partial charge in [0.05, 0.1) is 4.88 Å². The topological polar surface area (TPSA) is 77.1 Å². The number of rotatable bonds is 5. The number of carbonyl (C=O) groups excluding carboxylic acids is 1. The third kappa shape index (κ3) is 3.31. The maximum absolute atomic E-state index is 11.7. The molecule has 1 unspecified atom stereocenters. The normalized spacial score (nSPS) is 12.3. The summed E-state index contributed by atoms with van der Waals surface area (Å²) in [6.45, 7) is 3.75. The van der Waals surface area contributed by atoms with Crippen LogP contribution in [0.5, 0.6) is 0 Å². The van der Waals surface area contributed by atoms with Gasteiger partial charge in [0.1, 0.15) is 6.54 Å². The van der Waals surface area contributed by atoms with E-state index in [2.05, 4.69) is 10.4 Å². The molecule has 7 heteroatoms. The fourth-order valence-electron chi connectivity index (χ4n) is 1.46. The molecule has 0 aliphatic rings. The number of hydrogen-bond acceptors (Lipinski definition) is 5. The molecule has 2 aromatic heterocycles. The lowest BCUT2D eigenvalue weighted by Crippen LogP contribution is -2.36. The molecule has 1 N–H and O–H groups in total. The Morgan fingerprint density at radius 3 is 3.05 bits per heavy atom. The number of amides is 1. The number of thiophene rings is 1. The molecule has 2 aromatic rings. The molecule has 0 aliphatic carbocycles. The smallest absolute Gasteiger partial charge is 0.387 e. The van der Waals surface area contributed by atoms with Crippen molar-refractivity contribution in [2.75, 3.05) is 0 Å². The highest BCUT2D eigenvalue weighted by Gasteiger charge is 2.14. The van der Waals surface area contributed by atoms with Crippen LogP contribution in [0.3, 0.4) is 0 Å². The quantitative estimate of drug-likeness (QED) is 0.900. The van der Waals surface area contributed by atoms with Crippen molar-refractivity contribution in [3.8, 4) is 10.8 Å². The lowest BCUT2D eigenvalue weighted by molar-refractivity contribution is -0.122. The molecule has 2 rings (SSSR count). The maximum Gasteiger partial charge on any atom is 0.437 e. The second kappa shape index (κ2) is 5.83. The molecule has 102 valence electrons. The summed E-state index contributed by atoms with van der Waals surface area (Å²) in [6, 6.07) is 3.72. The molecule has 19 heavy (non-hydrogen) atoms. The average molecular weight is 281 g/mol. The summed E-state index contributed by atoms with van der Waals surface area (Å²) >= 11 is 1.42. The van der Waals surface area contributed by atoms with Crippen LogP contribution in [0.15, 0.2) is 26.7 Å². The predicted molar refractivity (Wildman–Crippen MR) is 72.0 cm³/mol. The van der Waals surface area contributed by atoms with Gasteiger partial charge in [0.2, 0.25) is 5.91 Å². The zero-order valence-corrected chi connectivity index (χ0v) is 11.6. The highest BCUT2D eigenvalue weighted by atomic mass is 32.1. The van der Waals surface area contributed by atoms with Gasteiger partial charge in [-0.3, -0.25) is 4.79 Å². The van der Waals surface area contributed by atoms with Crippen LogP contribution in [0.2, 0.25) is 0 Å². The van der Waals surface area contributed by atoms with Crippen LogP contribution >= 0.6 is 11.3 Å². The van der Waals surface area contributed by atoms with Crippen LogP contribution in [0.25, 0.3) is 10.8 Å². The third-order valence-electron chi connectivity index (χ3n) is 2.65. The minimum absolute atomic E-state index is 0.0758. The van der Waals surface area contributed by atoms with Crippen molar-refractivity contribution < 1.29 is 9.21 Å². The Hall–Kier alpha value is -1.89. The van der Waals surface area contributed by atoms with Gasteiger partial charge in [-0.05, 0) is 24.8 Å². The molecule has 2 heterocycles. The zero-order valence-electron chi connectivity index (χ0n) is 10.8. The SMILES string of the molecule is CCC(C)NC(=O)Cn1nc(-c2cccs2)oc1=O. The van der Waals surface area contributed by atoms with Crippen LogP contribution in [0.4, 0.5) is 0 Å². The Morgan fingerprint density at radius 1 is 1.63 bits per heavy atom. The minimum atomic E-state index is -0.622. The average Bonchev–Trinajstić information content (AvgIpc) is 2.99. The molecular weight excluding hydrogens is 266 g/mol. The molecule has 0 aliphatic heterocycles. The van der Waals surface area contributed by atoms with Crippen LogP contribution < -0.4 is 11.1 Å². The number of nitrogens with one attached hydrogen (secondary N) is 1. The lowest BCUT2D eigenvalue weighted by Gasteiger charge is -2.10. The fraction of sp³-hybridized carbons (Fsp3) is 0.417. The summed E-state index contributed by atoms with van der Waals surface area (Å²) in [5.41, 5.74) is 0. The van der Waals surface area contributed by atoms with E-state index < -0.39 is 5.76 Å². The maximum atomic E-state index is 11.7. The van der Waals surface area contributed by atoms with E-state index in [1.165, 1.54) is 11.3 Å². The number of carbonyl (C=O) groups is 1. The third-order valence-corrected chi connectivity index (χ3v) is 3.51. The second-order valence-corrected chi connectivity index (χ2v) is 5.13. The van der Waals surface area contributed by atoms with Crippen LogP contribution in [-0.2, 0) is 11.3 Å². The van der Waals surface area contributed by atoms with Crippen molar-refractivity contribution in [2.24, 2.45) is 0 Å². The molecule has 1 amide bonds. The number of hydrogen-bond donors (Lipinski definition) is 1. The van der Waals surface area contributed by atoms with Gasteiger partial charge in [0.15, 0.2) is 0 Å². The molecule has 1 atom stereocenters. The molecule has 6 nitrogen and oxygen atoms in total. The van der Waals surface area contributed by atoms with Crippen molar-refractivity contribution in [1.82, 2.24) is 15.1 Å². The zero-order chi connectivity index (χ0) is 13.8. The Morgan fingerprint density at radius 2 is 2.42 bits per heavy atom. The first-order valence-corrected chi connectivity index (χ1v) is 6.89. The summed E-state index contributed by atoms with van der Waals surface area (Å²) in [5, 5.41) is 8.65. The largest absolute Gasteiger partial charge is 0.437 e. The lowest BCUT2D eigenvalue weighted by atomic mass is 10.2. The van der Waals surface area contributed by atoms with Crippen molar-refractivity contribution in [3.63, 3.8) is 0 Å². The van der Waals surface area contributed by atoms with Gasteiger partial charge in [-0.2, -0.15) is 4.68 Å². The number of aromatic nitrogens is 2. The van der Waals surface area contributed by atoms with Crippen molar-refractivity contribution in [1.29, 1.82) is 0 Å². The minimum Gasteiger partial charge on any atom is -0.387 e. The molecule has 0 aromatic carbocycles. The summed E-state index contributed by atoms with van der Waals surface area (Å²) < 4.78 is 6.05. The van der Waals surface area contributed by atoms with Crippen molar-refractivity contribution in [2.45, 2.75) is 32.9 Å². The molecular formula is C12H15N3O3S. The van der Waals surface area contributed by atoms with Crippen molar-refractivity contribution >= 4 is 17.2 Å². The Balaban J connectivity index is 2.10. The van der Waals surface area contributed by atoms with Gasteiger partial charge in [-0.1, -0.05) is 13.0 Å². The van der Waals surface area contributed by atoms with Crippen LogP contribution in [-0.4, -0.2) is 21.7 Å². The molecule has 0 saturated heterocycles. The summed E-state index contributed by atoms with van der Waals surface area (Å²) in [7, 11) is 0. The second-order valence-electron chi connectivity index (χ2n) is 4.18. The Kier molecular flexibility index (Phi) is 4.16. The van der Waals surface area contributed by atoms with E-state index in [0.29, 0.717) is 0 Å². The summed E-state index contributed by atoms with van der Waals surface area (Å²) in [4.78, 5) is 24.0. The Labute approximate surface area is 114 Å². The highest BCUT2D eigenvalue weighted by molar-refractivity contribution is 7.13. The highest BCUT2D eigenvalue weighted by Crippen LogP contribution is 2.20. The first-order valence-electron chi connectivity index (χ1n) is 6.01. The van der Waals surface area contributed by atoms with E-state index in [1.54, 1.807) is 6.07 Å². The van der Waals surface area contributed by atoms with E-state index in [0.717, 1.165) is 16.0 Å². The van der Waals surface area contributed by atoms with E-state index >= 15 is 0 Å². The molecule has 0 radical (unpaired) electrons. The summed E-state index contributed by atoms with van der Waals surface area (Å²) in [5.74, 6) is -0.624. The number of nitrogens with zero attached hydrogens (tertiary/aromatic N) is 2. The summed E-state index contributed by atoms with van der Waals surface area (Å²) in [6.07, 6.45) is 0.833. The van der Waals surface area contributed by atoms with Gasteiger partial charge in [-0.25, -0.2) is 4.79 Å². The van der Waals surface area contributed by atoms with Crippen LogP contribution in [0, 0.1) is 0 Å². The van der Waals surface area contributed by atoms with Crippen molar-refractivity contribution in [3.05, 3.63) is 28.1 Å². The van der Waals surface area contributed by atoms with Crippen LogP contribution in [0.1, 0.15) is 20.3 Å². The van der Waals surface area contributed by atoms with E-state index in [1.807, 2.05) is 25.3 Å². The van der Waals surface area contributed by atoms with Gasteiger partial charge in [0.25, 0.3) is 5.89 Å². The molecule has 0 saturated carbocycles. The van der Waals surface area contributed by atoms with Gasteiger partial charge in [-0.15, -0.1) is 16.4 Å². The van der Waals surface area contributed by atoms with E-state index in [9.17, 15) is 9.59 Å². The van der Waals surface area contributed by atoms with Gasteiger partial charge >= 0.3 is 5.76 Å². The van der Waals surface area contributed by atoms with Gasteiger partial charge in [0, 0.05) is 6.04 Å². The van der Waals surface area contributed by atoms with Gasteiger partial charge < -0.3 is 9.73 Å². The van der Waals surface area contributed by atoms with E-state index in [-0.39, 0.29) is 24.4 Å². The first kappa shape index (κ1) is 13.5.